The summed E-state index contributed by atoms with van der Waals surface area (Å²) in [6.07, 6.45) is 3.36. The molecule has 0 unspecified atom stereocenters. The minimum atomic E-state index is 0.308. The molecular formula is C11H21N3. The molecule has 1 aromatic heterocycles. The SMILES string of the molecule is C=Cc1cnc(N)nc1C.CC.CC. The summed E-state index contributed by atoms with van der Waals surface area (Å²) in [4.78, 5) is 7.75. The second-order valence-corrected chi connectivity index (χ2v) is 1.97. The molecule has 2 N–H and O–H groups in total. The zero-order valence-electron chi connectivity index (χ0n) is 9.83. The Morgan fingerprint density at radius 2 is 1.79 bits per heavy atom. The average molecular weight is 195 g/mol. The normalized spacial score (nSPS) is 7.50. The minimum absolute atomic E-state index is 0.308. The predicted octanol–water partition coefficient (Wildman–Crippen LogP) is 3.06. The molecule has 1 aromatic rings. The summed E-state index contributed by atoms with van der Waals surface area (Å²) in [5, 5.41) is 0. The zero-order chi connectivity index (χ0) is 11.6. The molecule has 0 saturated heterocycles. The summed E-state index contributed by atoms with van der Waals surface area (Å²) >= 11 is 0. The van der Waals surface area contributed by atoms with E-state index >= 15 is 0 Å². The highest BCUT2D eigenvalue weighted by molar-refractivity contribution is 5.48. The molecule has 3 heteroatoms. The number of anilines is 1. The molecule has 14 heavy (non-hydrogen) atoms. The zero-order valence-corrected chi connectivity index (χ0v) is 9.83. The maximum Gasteiger partial charge on any atom is 0.220 e. The molecule has 0 spiro atoms. The van der Waals surface area contributed by atoms with Gasteiger partial charge in [0.05, 0.1) is 5.69 Å². The largest absolute Gasteiger partial charge is 0.368 e. The van der Waals surface area contributed by atoms with Crippen LogP contribution in [0.1, 0.15) is 39.0 Å². The van der Waals surface area contributed by atoms with Gasteiger partial charge >= 0.3 is 0 Å². The predicted molar refractivity (Wildman–Crippen MR) is 64.0 cm³/mol. The lowest BCUT2D eigenvalue weighted by atomic mass is 10.2. The van der Waals surface area contributed by atoms with Crippen molar-refractivity contribution in [3.05, 3.63) is 24.0 Å². The van der Waals surface area contributed by atoms with Crippen LogP contribution in [-0.4, -0.2) is 9.97 Å². The van der Waals surface area contributed by atoms with Gasteiger partial charge in [-0.1, -0.05) is 40.3 Å². The fraction of sp³-hybridized carbons (Fsp3) is 0.455. The van der Waals surface area contributed by atoms with Crippen LogP contribution in [-0.2, 0) is 0 Å². The van der Waals surface area contributed by atoms with Crippen molar-refractivity contribution in [3.63, 3.8) is 0 Å². The smallest absolute Gasteiger partial charge is 0.220 e. The number of hydrogen-bond acceptors (Lipinski definition) is 3. The summed E-state index contributed by atoms with van der Waals surface area (Å²) in [7, 11) is 0. The molecule has 0 atom stereocenters. The standard InChI is InChI=1S/C7H9N3.2C2H6/c1-3-6-4-9-7(8)10-5(6)2;2*1-2/h3-4H,1H2,2H3,(H2,8,9,10);2*1-2H3. The van der Waals surface area contributed by atoms with Crippen molar-refractivity contribution in [1.29, 1.82) is 0 Å². The van der Waals surface area contributed by atoms with E-state index in [0.717, 1.165) is 11.3 Å². The van der Waals surface area contributed by atoms with Crippen molar-refractivity contribution in [2.45, 2.75) is 34.6 Å². The van der Waals surface area contributed by atoms with Gasteiger partial charge < -0.3 is 5.73 Å². The number of nitrogen functional groups attached to an aromatic ring is 1. The van der Waals surface area contributed by atoms with Crippen LogP contribution in [0.3, 0.4) is 0 Å². The van der Waals surface area contributed by atoms with E-state index in [1.54, 1.807) is 12.3 Å². The van der Waals surface area contributed by atoms with Crippen molar-refractivity contribution in [2.24, 2.45) is 0 Å². The molecule has 3 nitrogen and oxygen atoms in total. The Bertz CT molecular complexity index is 257. The Labute approximate surface area is 87.1 Å². The average Bonchev–Trinajstić information content (AvgIpc) is 2.24. The van der Waals surface area contributed by atoms with Crippen LogP contribution < -0.4 is 5.73 Å². The van der Waals surface area contributed by atoms with Crippen molar-refractivity contribution in [2.75, 3.05) is 5.73 Å². The molecule has 0 saturated carbocycles. The van der Waals surface area contributed by atoms with Crippen LogP contribution in [0.5, 0.6) is 0 Å². The highest BCUT2D eigenvalue weighted by Crippen LogP contribution is 2.04. The molecule has 0 bridgehead atoms. The van der Waals surface area contributed by atoms with Gasteiger partial charge in [-0.05, 0) is 6.92 Å². The number of hydrogen-bond donors (Lipinski definition) is 1. The Kier molecular flexibility index (Phi) is 10.5. The van der Waals surface area contributed by atoms with Gasteiger partial charge in [-0.15, -0.1) is 0 Å². The first-order valence-corrected chi connectivity index (χ1v) is 4.95. The van der Waals surface area contributed by atoms with Gasteiger partial charge in [0, 0.05) is 11.8 Å². The van der Waals surface area contributed by atoms with Crippen molar-refractivity contribution in [1.82, 2.24) is 9.97 Å². The number of rotatable bonds is 1. The first-order chi connectivity index (χ1) is 6.74. The summed E-state index contributed by atoms with van der Waals surface area (Å²) in [6.45, 7) is 13.5. The van der Waals surface area contributed by atoms with Crippen LogP contribution in [0.15, 0.2) is 12.8 Å². The molecule has 0 amide bonds. The third kappa shape index (κ3) is 5.30. The second-order valence-electron chi connectivity index (χ2n) is 1.97. The van der Waals surface area contributed by atoms with Gasteiger partial charge in [0.2, 0.25) is 5.95 Å². The van der Waals surface area contributed by atoms with E-state index in [4.69, 9.17) is 5.73 Å². The van der Waals surface area contributed by atoms with Crippen LogP contribution in [0.2, 0.25) is 0 Å². The van der Waals surface area contributed by atoms with E-state index in [1.165, 1.54) is 0 Å². The minimum Gasteiger partial charge on any atom is -0.368 e. The van der Waals surface area contributed by atoms with Gasteiger partial charge in [-0.25, -0.2) is 9.97 Å². The van der Waals surface area contributed by atoms with Crippen LogP contribution in [0.25, 0.3) is 6.08 Å². The highest BCUT2D eigenvalue weighted by atomic mass is 15.0. The van der Waals surface area contributed by atoms with E-state index in [-0.39, 0.29) is 0 Å². The van der Waals surface area contributed by atoms with E-state index in [2.05, 4.69) is 16.5 Å². The fourth-order valence-corrected chi connectivity index (χ4v) is 0.695. The van der Waals surface area contributed by atoms with Gasteiger partial charge in [0.25, 0.3) is 0 Å². The van der Waals surface area contributed by atoms with Gasteiger partial charge in [0.15, 0.2) is 0 Å². The number of nitrogens with zero attached hydrogens (tertiary/aromatic N) is 2. The molecule has 1 rings (SSSR count). The van der Waals surface area contributed by atoms with Gasteiger partial charge in [0.1, 0.15) is 0 Å². The number of nitrogens with two attached hydrogens (primary N) is 1. The lowest BCUT2D eigenvalue weighted by Crippen LogP contribution is -1.97. The van der Waals surface area contributed by atoms with Crippen molar-refractivity contribution >= 4 is 12.0 Å². The molecule has 80 valence electrons. The maximum atomic E-state index is 5.33. The summed E-state index contributed by atoms with van der Waals surface area (Å²) in [5.74, 6) is 0.308. The molecular weight excluding hydrogens is 174 g/mol. The van der Waals surface area contributed by atoms with E-state index in [0.29, 0.717) is 5.95 Å². The van der Waals surface area contributed by atoms with Gasteiger partial charge in [-0.3, -0.25) is 0 Å². The molecule has 0 aliphatic carbocycles. The Hall–Kier alpha value is -1.38. The van der Waals surface area contributed by atoms with Crippen LogP contribution in [0, 0.1) is 6.92 Å². The Morgan fingerprint density at radius 1 is 1.29 bits per heavy atom. The van der Waals surface area contributed by atoms with E-state index in [1.807, 2.05) is 34.6 Å². The molecule has 0 aliphatic heterocycles. The monoisotopic (exact) mass is 195 g/mol. The fourth-order valence-electron chi connectivity index (χ4n) is 0.695. The lowest BCUT2D eigenvalue weighted by Gasteiger charge is -1.97. The quantitative estimate of drug-likeness (QED) is 0.749. The highest BCUT2D eigenvalue weighted by Gasteiger charge is 1.94. The summed E-state index contributed by atoms with van der Waals surface area (Å²) in [6, 6.07) is 0. The molecule has 1 heterocycles. The molecule has 0 fully saturated rings. The van der Waals surface area contributed by atoms with Gasteiger partial charge in [-0.2, -0.15) is 0 Å². The lowest BCUT2D eigenvalue weighted by molar-refractivity contribution is 1.11. The third-order valence-electron chi connectivity index (χ3n) is 1.26. The Morgan fingerprint density at radius 3 is 2.14 bits per heavy atom. The molecule has 0 radical (unpaired) electrons. The van der Waals surface area contributed by atoms with E-state index < -0.39 is 0 Å². The first-order valence-electron chi connectivity index (χ1n) is 4.95. The second kappa shape index (κ2) is 9.71. The third-order valence-corrected chi connectivity index (χ3v) is 1.26. The van der Waals surface area contributed by atoms with E-state index in [9.17, 15) is 0 Å². The van der Waals surface area contributed by atoms with Crippen molar-refractivity contribution in [3.8, 4) is 0 Å². The Balaban J connectivity index is 0. The topological polar surface area (TPSA) is 51.8 Å². The van der Waals surface area contributed by atoms with Crippen LogP contribution >= 0.6 is 0 Å². The number of aryl methyl sites for hydroxylation is 1. The molecule has 0 aliphatic rings. The van der Waals surface area contributed by atoms with Crippen molar-refractivity contribution < 1.29 is 0 Å². The maximum absolute atomic E-state index is 5.33. The molecule has 0 aromatic carbocycles. The number of aromatic nitrogens is 2. The summed E-state index contributed by atoms with van der Waals surface area (Å²) < 4.78 is 0. The first kappa shape index (κ1) is 15.1. The summed E-state index contributed by atoms with van der Waals surface area (Å²) in [5.41, 5.74) is 7.11. The van der Waals surface area contributed by atoms with Crippen LogP contribution in [0.4, 0.5) is 5.95 Å².